The second-order valence-electron chi connectivity index (χ2n) is 6.73. The molecule has 0 unspecified atom stereocenters. The van der Waals surface area contributed by atoms with Crippen LogP contribution in [0, 0.1) is 13.8 Å². The van der Waals surface area contributed by atoms with Gasteiger partial charge in [0.15, 0.2) is 0 Å². The SMILES string of the molecule is Cc1cccc(C)c1SCc1cccc(C(=O)N2CCCCCC2)n1. The van der Waals surface area contributed by atoms with Gasteiger partial charge in [-0.25, -0.2) is 4.98 Å². The lowest BCUT2D eigenvalue weighted by molar-refractivity contribution is 0.0755. The highest BCUT2D eigenvalue weighted by Crippen LogP contribution is 2.28. The van der Waals surface area contributed by atoms with E-state index in [1.54, 1.807) is 11.8 Å². The largest absolute Gasteiger partial charge is 0.337 e. The fourth-order valence-electron chi connectivity index (χ4n) is 3.29. The van der Waals surface area contributed by atoms with Gasteiger partial charge in [-0.2, -0.15) is 0 Å². The molecule has 1 fully saturated rings. The van der Waals surface area contributed by atoms with E-state index in [4.69, 9.17) is 0 Å². The molecule has 3 rings (SSSR count). The van der Waals surface area contributed by atoms with Crippen molar-refractivity contribution in [3.8, 4) is 0 Å². The lowest BCUT2D eigenvalue weighted by Gasteiger charge is -2.20. The van der Waals surface area contributed by atoms with E-state index in [2.05, 4.69) is 37.0 Å². The van der Waals surface area contributed by atoms with Gasteiger partial charge in [0.25, 0.3) is 5.91 Å². The standard InChI is InChI=1S/C21H26N2OS/c1-16-9-7-10-17(2)20(16)25-15-18-11-8-12-19(22-18)21(24)23-13-5-3-4-6-14-23/h7-12H,3-6,13-15H2,1-2H3. The summed E-state index contributed by atoms with van der Waals surface area (Å²) in [4.78, 5) is 20.7. The maximum absolute atomic E-state index is 12.7. The molecule has 1 saturated heterocycles. The van der Waals surface area contributed by atoms with Crippen molar-refractivity contribution in [1.29, 1.82) is 0 Å². The van der Waals surface area contributed by atoms with Crippen LogP contribution in [0.3, 0.4) is 0 Å². The van der Waals surface area contributed by atoms with Crippen molar-refractivity contribution in [2.45, 2.75) is 50.2 Å². The number of pyridine rings is 1. The molecule has 0 saturated carbocycles. The van der Waals surface area contributed by atoms with Crippen LogP contribution in [-0.4, -0.2) is 28.9 Å². The predicted molar refractivity (Wildman–Crippen MR) is 104 cm³/mol. The number of benzene rings is 1. The Balaban J connectivity index is 1.70. The van der Waals surface area contributed by atoms with Crippen LogP contribution in [0.4, 0.5) is 0 Å². The first-order valence-electron chi connectivity index (χ1n) is 9.09. The van der Waals surface area contributed by atoms with Gasteiger partial charge < -0.3 is 4.90 Å². The highest BCUT2D eigenvalue weighted by atomic mass is 32.2. The van der Waals surface area contributed by atoms with Gasteiger partial charge in [-0.1, -0.05) is 37.1 Å². The Bertz CT molecular complexity index is 716. The molecule has 1 aromatic carbocycles. The van der Waals surface area contributed by atoms with Crippen LogP contribution >= 0.6 is 11.8 Å². The Hall–Kier alpha value is -1.81. The van der Waals surface area contributed by atoms with Gasteiger partial charge in [-0.3, -0.25) is 4.79 Å². The number of aryl methyl sites for hydroxylation is 2. The molecule has 2 aromatic rings. The smallest absolute Gasteiger partial charge is 0.272 e. The van der Waals surface area contributed by atoms with Gasteiger partial charge in [0.2, 0.25) is 0 Å². The highest BCUT2D eigenvalue weighted by Gasteiger charge is 2.18. The minimum atomic E-state index is 0.0841. The average Bonchev–Trinajstić information content (AvgIpc) is 2.90. The van der Waals surface area contributed by atoms with E-state index in [0.717, 1.165) is 37.4 Å². The summed E-state index contributed by atoms with van der Waals surface area (Å²) >= 11 is 1.80. The first kappa shape index (κ1) is 18.0. The molecule has 1 aliphatic heterocycles. The molecule has 1 amide bonds. The molecule has 0 aliphatic carbocycles. The number of hydrogen-bond donors (Lipinski definition) is 0. The Labute approximate surface area is 154 Å². The summed E-state index contributed by atoms with van der Waals surface area (Å²) in [7, 11) is 0. The molecule has 2 heterocycles. The third-order valence-corrected chi connectivity index (χ3v) is 6.07. The molecular formula is C21H26N2OS. The number of thioether (sulfide) groups is 1. The van der Waals surface area contributed by atoms with Crippen LogP contribution in [0.1, 0.15) is 53.0 Å². The number of carbonyl (C=O) groups is 1. The van der Waals surface area contributed by atoms with Crippen LogP contribution in [0.25, 0.3) is 0 Å². The van der Waals surface area contributed by atoms with E-state index >= 15 is 0 Å². The van der Waals surface area contributed by atoms with Gasteiger partial charge in [0.1, 0.15) is 5.69 Å². The summed E-state index contributed by atoms with van der Waals surface area (Å²) in [5.41, 5.74) is 4.14. The summed E-state index contributed by atoms with van der Waals surface area (Å²) in [5, 5.41) is 0. The number of likely N-dealkylation sites (tertiary alicyclic amines) is 1. The van der Waals surface area contributed by atoms with Crippen LogP contribution in [0.15, 0.2) is 41.3 Å². The van der Waals surface area contributed by atoms with E-state index in [9.17, 15) is 4.79 Å². The summed E-state index contributed by atoms with van der Waals surface area (Å²) in [5.74, 6) is 0.869. The number of hydrogen-bond acceptors (Lipinski definition) is 3. The van der Waals surface area contributed by atoms with E-state index in [-0.39, 0.29) is 5.91 Å². The van der Waals surface area contributed by atoms with Crippen LogP contribution in [0.5, 0.6) is 0 Å². The number of rotatable bonds is 4. The molecule has 1 aliphatic rings. The quantitative estimate of drug-likeness (QED) is 0.724. The lowest BCUT2D eigenvalue weighted by atomic mass is 10.2. The van der Waals surface area contributed by atoms with Crippen molar-refractivity contribution in [2.75, 3.05) is 13.1 Å². The number of carbonyl (C=O) groups excluding carboxylic acids is 1. The summed E-state index contributed by atoms with van der Waals surface area (Å²) < 4.78 is 0. The molecule has 0 N–H and O–H groups in total. The summed E-state index contributed by atoms with van der Waals surface area (Å²) in [6.07, 6.45) is 4.66. The van der Waals surface area contributed by atoms with Gasteiger partial charge in [-0.15, -0.1) is 11.8 Å². The van der Waals surface area contributed by atoms with Crippen molar-refractivity contribution < 1.29 is 4.79 Å². The summed E-state index contributed by atoms with van der Waals surface area (Å²) in [6.45, 7) is 6.01. The minimum Gasteiger partial charge on any atom is -0.337 e. The molecule has 0 radical (unpaired) electrons. The van der Waals surface area contributed by atoms with Crippen LogP contribution in [0.2, 0.25) is 0 Å². The van der Waals surface area contributed by atoms with E-state index in [0.29, 0.717) is 5.69 Å². The van der Waals surface area contributed by atoms with Crippen LogP contribution < -0.4 is 0 Å². The van der Waals surface area contributed by atoms with E-state index in [1.165, 1.54) is 28.9 Å². The second kappa shape index (κ2) is 8.52. The molecule has 1 aromatic heterocycles. The third-order valence-electron chi connectivity index (χ3n) is 4.69. The van der Waals surface area contributed by atoms with E-state index < -0.39 is 0 Å². The predicted octanol–water partition coefficient (Wildman–Crippen LogP) is 5.01. The Morgan fingerprint density at radius 3 is 2.32 bits per heavy atom. The Morgan fingerprint density at radius 2 is 1.64 bits per heavy atom. The normalized spacial score (nSPS) is 15.0. The zero-order valence-corrected chi connectivity index (χ0v) is 15.9. The second-order valence-corrected chi connectivity index (χ2v) is 7.72. The Kier molecular flexibility index (Phi) is 6.14. The fraction of sp³-hybridized carbons (Fsp3) is 0.429. The van der Waals surface area contributed by atoms with Crippen molar-refractivity contribution in [2.24, 2.45) is 0 Å². The molecule has 25 heavy (non-hydrogen) atoms. The monoisotopic (exact) mass is 354 g/mol. The molecule has 132 valence electrons. The zero-order chi connectivity index (χ0) is 17.6. The van der Waals surface area contributed by atoms with Crippen molar-refractivity contribution in [1.82, 2.24) is 9.88 Å². The fourth-order valence-corrected chi connectivity index (χ4v) is 4.33. The third kappa shape index (κ3) is 4.63. The topological polar surface area (TPSA) is 33.2 Å². The van der Waals surface area contributed by atoms with Gasteiger partial charge in [0.05, 0.1) is 5.69 Å². The number of amides is 1. The first-order chi connectivity index (χ1) is 12.1. The number of nitrogens with zero attached hydrogens (tertiary/aromatic N) is 2. The highest BCUT2D eigenvalue weighted by molar-refractivity contribution is 7.98. The van der Waals surface area contributed by atoms with Gasteiger partial charge in [0, 0.05) is 23.7 Å². The Morgan fingerprint density at radius 1 is 1.00 bits per heavy atom. The molecular weight excluding hydrogens is 328 g/mol. The molecule has 0 spiro atoms. The number of aromatic nitrogens is 1. The molecule has 0 bridgehead atoms. The van der Waals surface area contributed by atoms with Gasteiger partial charge >= 0.3 is 0 Å². The average molecular weight is 355 g/mol. The first-order valence-corrected chi connectivity index (χ1v) is 10.1. The maximum Gasteiger partial charge on any atom is 0.272 e. The van der Waals surface area contributed by atoms with E-state index in [1.807, 2.05) is 23.1 Å². The van der Waals surface area contributed by atoms with Crippen molar-refractivity contribution >= 4 is 17.7 Å². The zero-order valence-electron chi connectivity index (χ0n) is 15.1. The minimum absolute atomic E-state index is 0.0841. The lowest BCUT2D eigenvalue weighted by Crippen LogP contribution is -2.32. The summed E-state index contributed by atoms with van der Waals surface area (Å²) in [6, 6.07) is 12.2. The molecule has 3 nitrogen and oxygen atoms in total. The van der Waals surface area contributed by atoms with Gasteiger partial charge in [-0.05, 0) is 49.9 Å². The molecule has 4 heteroatoms. The van der Waals surface area contributed by atoms with Crippen molar-refractivity contribution in [3.05, 3.63) is 58.9 Å². The van der Waals surface area contributed by atoms with Crippen molar-refractivity contribution in [3.63, 3.8) is 0 Å². The molecule has 0 atom stereocenters. The van der Waals surface area contributed by atoms with Crippen LogP contribution in [-0.2, 0) is 5.75 Å². The maximum atomic E-state index is 12.7.